The van der Waals surface area contributed by atoms with Gasteiger partial charge in [-0.1, -0.05) is 51.1 Å². The Morgan fingerprint density at radius 3 is 2.23 bits per heavy atom. The molecule has 0 atom stereocenters. The van der Waals surface area contributed by atoms with Crippen molar-refractivity contribution in [3.05, 3.63) is 102 Å². The summed E-state index contributed by atoms with van der Waals surface area (Å²) in [5.74, 6) is 0.544. The van der Waals surface area contributed by atoms with E-state index in [0.29, 0.717) is 32.1 Å². The summed E-state index contributed by atoms with van der Waals surface area (Å²) in [5, 5.41) is 11.2. The quantitative estimate of drug-likeness (QED) is 0.128. The smallest absolute Gasteiger partial charge is 1.00 e. The van der Waals surface area contributed by atoms with Crippen LogP contribution < -0.4 is 39.0 Å². The number of rotatable bonds is 12. The Kier molecular flexibility index (Phi) is 11.9. The number of carboxylic acids is 1. The van der Waals surface area contributed by atoms with Crippen LogP contribution in [0.2, 0.25) is 0 Å². The van der Waals surface area contributed by atoms with Gasteiger partial charge in [0.1, 0.15) is 12.4 Å². The van der Waals surface area contributed by atoms with Crippen LogP contribution in [0, 0.1) is 12.3 Å². The zero-order valence-corrected chi connectivity index (χ0v) is 31.6. The summed E-state index contributed by atoms with van der Waals surface area (Å²) < 4.78 is 13.9. The van der Waals surface area contributed by atoms with E-state index < -0.39 is 11.4 Å². The predicted molar refractivity (Wildman–Crippen MR) is 187 cm³/mol. The summed E-state index contributed by atoms with van der Waals surface area (Å²) in [6.07, 6.45) is 4.06. The minimum absolute atomic E-state index is 0. The number of ether oxygens (including phenoxy) is 2. The van der Waals surface area contributed by atoms with E-state index in [1.807, 2.05) is 56.6 Å². The molecule has 1 N–H and O–H groups in total. The van der Waals surface area contributed by atoms with Crippen molar-refractivity contribution in [2.75, 3.05) is 6.61 Å². The standard InChI is InChI=1S/C38H43N3O4S.Na.H/c1-8-44-34-18-14-28(22-40-34)27-12-10-26(11-13-27)23-41-32-17-16-30(45-24-29-15-9-25(2)21-39-29)19-31(32)35(46-37(3,4)5)33(41)20-38(6,7)36(42)43;;/h9-19,21-22H,8,20,23-24H2,1-7H3,(H,42,43);;/q;+1;-1. The van der Waals surface area contributed by atoms with Crippen LogP contribution in [0.5, 0.6) is 11.6 Å². The first-order valence-electron chi connectivity index (χ1n) is 15.6. The van der Waals surface area contributed by atoms with Crippen molar-refractivity contribution >= 4 is 28.6 Å². The van der Waals surface area contributed by atoms with Gasteiger partial charge in [-0.3, -0.25) is 9.78 Å². The fourth-order valence-electron chi connectivity index (χ4n) is 5.23. The summed E-state index contributed by atoms with van der Waals surface area (Å²) >= 11 is 1.77. The molecule has 0 aliphatic carbocycles. The zero-order valence-electron chi connectivity index (χ0n) is 29.8. The van der Waals surface area contributed by atoms with E-state index in [0.717, 1.165) is 55.2 Å². The molecule has 0 spiro atoms. The number of carboxylic acid groups (broad SMARTS) is 1. The Labute approximate surface area is 305 Å². The average Bonchev–Trinajstić information content (AvgIpc) is 3.27. The van der Waals surface area contributed by atoms with E-state index in [1.165, 1.54) is 0 Å². The van der Waals surface area contributed by atoms with Gasteiger partial charge < -0.3 is 20.6 Å². The number of pyridine rings is 2. The van der Waals surface area contributed by atoms with Crippen molar-refractivity contribution < 1.29 is 50.4 Å². The molecule has 0 saturated carbocycles. The summed E-state index contributed by atoms with van der Waals surface area (Å²) in [6.45, 7) is 15.7. The fraction of sp³-hybridized carbons (Fsp3) is 0.342. The van der Waals surface area contributed by atoms with Crippen molar-refractivity contribution in [2.45, 2.75) is 77.7 Å². The summed E-state index contributed by atoms with van der Waals surface area (Å²) in [4.78, 5) is 22.4. The van der Waals surface area contributed by atoms with Gasteiger partial charge in [-0.2, -0.15) is 0 Å². The molecule has 3 aromatic heterocycles. The molecule has 0 amide bonds. The third kappa shape index (κ3) is 9.20. The number of nitrogens with zero attached hydrogens (tertiary/aromatic N) is 3. The molecule has 0 bridgehead atoms. The number of aryl methyl sites for hydroxylation is 1. The van der Waals surface area contributed by atoms with Gasteiger partial charge in [0.25, 0.3) is 0 Å². The molecule has 5 aromatic rings. The van der Waals surface area contributed by atoms with Gasteiger partial charge in [0.15, 0.2) is 0 Å². The topological polar surface area (TPSA) is 86.5 Å². The Bertz CT molecular complexity index is 1820. The number of benzene rings is 2. The zero-order chi connectivity index (χ0) is 33.1. The second kappa shape index (κ2) is 15.3. The Morgan fingerprint density at radius 2 is 1.64 bits per heavy atom. The average molecular weight is 662 g/mol. The number of thioether (sulfide) groups is 1. The molecule has 242 valence electrons. The Hall–Kier alpha value is -3.30. The number of hydrogen-bond donors (Lipinski definition) is 1. The third-order valence-electron chi connectivity index (χ3n) is 7.70. The van der Waals surface area contributed by atoms with E-state index in [9.17, 15) is 9.90 Å². The van der Waals surface area contributed by atoms with Crippen molar-refractivity contribution in [1.29, 1.82) is 0 Å². The summed E-state index contributed by atoms with van der Waals surface area (Å²) in [5.41, 5.74) is 6.27. The molecule has 47 heavy (non-hydrogen) atoms. The van der Waals surface area contributed by atoms with Gasteiger partial charge in [-0.05, 0) is 74.7 Å². The van der Waals surface area contributed by atoms with E-state index in [1.54, 1.807) is 25.6 Å². The monoisotopic (exact) mass is 661 g/mol. The largest absolute Gasteiger partial charge is 1.00 e. The maximum absolute atomic E-state index is 12.4. The molecular formula is C38H44N3NaO4S. The van der Waals surface area contributed by atoms with Crippen LogP contribution in [0.3, 0.4) is 0 Å². The number of aromatic nitrogens is 3. The van der Waals surface area contributed by atoms with Gasteiger partial charge in [-0.15, -0.1) is 11.8 Å². The molecule has 7 nitrogen and oxygen atoms in total. The fourth-order valence-corrected chi connectivity index (χ4v) is 6.41. The molecule has 0 saturated heterocycles. The van der Waals surface area contributed by atoms with Gasteiger partial charge in [0.2, 0.25) is 5.88 Å². The molecule has 2 aromatic carbocycles. The Morgan fingerprint density at radius 1 is 0.915 bits per heavy atom. The first-order chi connectivity index (χ1) is 21.8. The van der Waals surface area contributed by atoms with Crippen LogP contribution >= 0.6 is 11.8 Å². The summed E-state index contributed by atoms with van der Waals surface area (Å²) in [7, 11) is 0. The van der Waals surface area contributed by atoms with Gasteiger partial charge in [0.05, 0.1) is 17.7 Å². The minimum atomic E-state index is -0.958. The van der Waals surface area contributed by atoms with E-state index in [4.69, 9.17) is 9.47 Å². The molecule has 0 aliphatic heterocycles. The number of hydrogen-bond acceptors (Lipinski definition) is 6. The molecule has 0 radical (unpaired) electrons. The van der Waals surface area contributed by atoms with Crippen LogP contribution in [0.15, 0.2) is 84.0 Å². The molecule has 0 fully saturated rings. The maximum Gasteiger partial charge on any atom is 1.00 e. The van der Waals surface area contributed by atoms with Crippen molar-refractivity contribution in [3.63, 3.8) is 0 Å². The molecule has 5 rings (SSSR count). The maximum atomic E-state index is 12.4. The second-order valence-corrected chi connectivity index (χ2v) is 15.1. The SMILES string of the molecule is CCOc1ccc(-c2ccc(Cn3c(CC(C)(C)C(=O)O)c(SC(C)(C)C)c4cc(OCc5ccc(C)cn5)ccc43)cc2)cn1.[H-].[Na+]. The van der Waals surface area contributed by atoms with E-state index in [-0.39, 0.29) is 35.7 Å². The first-order valence-corrected chi connectivity index (χ1v) is 16.4. The molecule has 3 heterocycles. The molecular weight excluding hydrogens is 617 g/mol. The molecule has 0 aliphatic rings. The van der Waals surface area contributed by atoms with Crippen LogP contribution in [-0.4, -0.2) is 37.0 Å². The number of carbonyl (C=O) groups is 1. The van der Waals surface area contributed by atoms with Crippen LogP contribution in [0.25, 0.3) is 22.0 Å². The van der Waals surface area contributed by atoms with Crippen molar-refractivity contribution in [1.82, 2.24) is 14.5 Å². The van der Waals surface area contributed by atoms with Gasteiger partial charge >= 0.3 is 35.5 Å². The predicted octanol–water partition coefficient (Wildman–Crippen LogP) is 6.09. The third-order valence-corrected chi connectivity index (χ3v) is 8.98. The minimum Gasteiger partial charge on any atom is -1.00 e. The number of fused-ring (bicyclic) bond motifs is 1. The van der Waals surface area contributed by atoms with Crippen molar-refractivity contribution in [2.24, 2.45) is 5.41 Å². The van der Waals surface area contributed by atoms with Crippen LogP contribution in [-0.2, 0) is 24.4 Å². The second-order valence-electron chi connectivity index (χ2n) is 13.3. The molecule has 0 unspecified atom stereocenters. The van der Waals surface area contributed by atoms with Crippen LogP contribution in [0.1, 0.15) is 65.5 Å². The Balaban J connectivity index is 0.00000312. The summed E-state index contributed by atoms with van der Waals surface area (Å²) in [6, 6.07) is 22.6. The van der Waals surface area contributed by atoms with Gasteiger partial charge in [-0.25, -0.2) is 4.98 Å². The van der Waals surface area contributed by atoms with Gasteiger partial charge in [0, 0.05) is 63.2 Å². The molecule has 9 heteroatoms. The van der Waals surface area contributed by atoms with Crippen molar-refractivity contribution in [3.8, 4) is 22.8 Å². The normalized spacial score (nSPS) is 11.7. The number of aliphatic carboxylic acids is 1. The van der Waals surface area contributed by atoms with Crippen LogP contribution in [0.4, 0.5) is 0 Å². The van der Waals surface area contributed by atoms with E-state index in [2.05, 4.69) is 71.7 Å². The van der Waals surface area contributed by atoms with E-state index >= 15 is 0 Å². The first kappa shape index (κ1) is 36.5.